The Bertz CT molecular complexity index is 438. The summed E-state index contributed by atoms with van der Waals surface area (Å²) in [7, 11) is 0. The fourth-order valence-corrected chi connectivity index (χ4v) is 3.58. The molecule has 0 aromatic heterocycles. The Morgan fingerprint density at radius 3 is 2.89 bits per heavy atom. The minimum atomic E-state index is 0.0957. The summed E-state index contributed by atoms with van der Waals surface area (Å²) in [5, 5.41) is 3.04. The summed E-state index contributed by atoms with van der Waals surface area (Å²) in [5.74, 6) is 1.95. The Hall–Kier alpha value is -0.540. The molecule has 1 fully saturated rings. The summed E-state index contributed by atoms with van der Waals surface area (Å²) >= 11 is 9.36. The van der Waals surface area contributed by atoms with Crippen LogP contribution in [0.1, 0.15) is 24.8 Å². The molecule has 4 heteroatoms. The van der Waals surface area contributed by atoms with E-state index < -0.39 is 0 Å². The highest BCUT2D eigenvalue weighted by atomic mass is 79.9. The van der Waals surface area contributed by atoms with Crippen molar-refractivity contribution < 1.29 is 4.79 Å². The molecule has 0 bridgehead atoms. The van der Waals surface area contributed by atoms with Gasteiger partial charge in [0.25, 0.3) is 0 Å². The van der Waals surface area contributed by atoms with Crippen molar-refractivity contribution in [2.75, 3.05) is 12.4 Å². The van der Waals surface area contributed by atoms with E-state index in [1.807, 2.05) is 24.3 Å². The lowest BCUT2D eigenvalue weighted by atomic mass is 9.98. The van der Waals surface area contributed by atoms with Crippen molar-refractivity contribution in [2.45, 2.75) is 25.7 Å². The molecule has 2 atom stereocenters. The van der Waals surface area contributed by atoms with Crippen molar-refractivity contribution >= 4 is 33.4 Å². The molecule has 1 aliphatic carbocycles. The van der Waals surface area contributed by atoms with Gasteiger partial charge in [-0.3, -0.25) is 4.79 Å². The average molecular weight is 345 g/mol. The van der Waals surface area contributed by atoms with E-state index in [9.17, 15) is 4.79 Å². The lowest BCUT2D eigenvalue weighted by Gasteiger charge is -2.17. The van der Waals surface area contributed by atoms with Crippen molar-refractivity contribution in [3.8, 4) is 0 Å². The third-order valence-electron chi connectivity index (χ3n) is 3.83. The normalized spacial score (nSPS) is 22.4. The van der Waals surface area contributed by atoms with Crippen molar-refractivity contribution in [2.24, 2.45) is 11.8 Å². The molecule has 1 aromatic carbocycles. The van der Waals surface area contributed by atoms with Crippen LogP contribution in [-0.4, -0.2) is 18.3 Å². The van der Waals surface area contributed by atoms with Gasteiger partial charge in [-0.15, -0.1) is 11.6 Å². The molecule has 2 unspecified atom stereocenters. The van der Waals surface area contributed by atoms with Crippen LogP contribution in [0.25, 0.3) is 0 Å². The van der Waals surface area contributed by atoms with E-state index in [0.29, 0.717) is 24.1 Å². The van der Waals surface area contributed by atoms with E-state index in [-0.39, 0.29) is 5.91 Å². The summed E-state index contributed by atoms with van der Waals surface area (Å²) in [6, 6.07) is 7.87. The predicted octanol–water partition coefficient (Wildman–Crippen LogP) is 3.76. The van der Waals surface area contributed by atoms with Crippen LogP contribution >= 0.6 is 27.5 Å². The number of carbonyl (C=O) groups is 1. The molecule has 0 aliphatic heterocycles. The van der Waals surface area contributed by atoms with Gasteiger partial charge in [-0.1, -0.05) is 34.5 Å². The molecule has 0 radical (unpaired) electrons. The third-order valence-corrected chi connectivity index (χ3v) is 4.72. The second-order valence-electron chi connectivity index (χ2n) is 5.22. The van der Waals surface area contributed by atoms with Crippen molar-refractivity contribution in [3.05, 3.63) is 34.3 Å². The molecule has 1 N–H and O–H groups in total. The van der Waals surface area contributed by atoms with E-state index in [0.717, 1.165) is 16.6 Å². The van der Waals surface area contributed by atoms with Crippen LogP contribution in [0.4, 0.5) is 0 Å². The molecular weight excluding hydrogens is 326 g/mol. The average Bonchev–Trinajstić information content (AvgIpc) is 2.83. The van der Waals surface area contributed by atoms with Crippen LogP contribution < -0.4 is 5.32 Å². The lowest BCUT2D eigenvalue weighted by Crippen LogP contribution is -2.32. The quantitative estimate of drug-likeness (QED) is 0.810. The number of nitrogens with one attached hydrogen (secondary N) is 1. The lowest BCUT2D eigenvalue weighted by molar-refractivity contribution is -0.120. The van der Waals surface area contributed by atoms with Gasteiger partial charge in [0.1, 0.15) is 0 Å². The van der Waals surface area contributed by atoms with Crippen molar-refractivity contribution in [1.82, 2.24) is 5.32 Å². The topological polar surface area (TPSA) is 29.1 Å². The van der Waals surface area contributed by atoms with Crippen LogP contribution in [-0.2, 0) is 11.2 Å². The first-order chi connectivity index (χ1) is 9.19. The summed E-state index contributed by atoms with van der Waals surface area (Å²) in [6.45, 7) is 0.768. The molecule has 1 saturated carbocycles. The summed E-state index contributed by atoms with van der Waals surface area (Å²) in [6.07, 6.45) is 4.07. The maximum atomic E-state index is 11.9. The van der Waals surface area contributed by atoms with Crippen LogP contribution in [0.2, 0.25) is 0 Å². The summed E-state index contributed by atoms with van der Waals surface area (Å²) in [5.41, 5.74) is 1.03. The Labute approximate surface area is 128 Å². The Balaban J connectivity index is 1.78. The van der Waals surface area contributed by atoms with Crippen molar-refractivity contribution in [3.63, 3.8) is 0 Å². The monoisotopic (exact) mass is 343 g/mol. The molecule has 1 amide bonds. The van der Waals surface area contributed by atoms with Crippen LogP contribution in [0.3, 0.4) is 0 Å². The fourth-order valence-electron chi connectivity index (χ4n) is 2.73. The van der Waals surface area contributed by atoms with Gasteiger partial charge in [-0.2, -0.15) is 0 Å². The number of amides is 1. The van der Waals surface area contributed by atoms with Gasteiger partial charge in [0.15, 0.2) is 0 Å². The zero-order valence-corrected chi connectivity index (χ0v) is 13.2. The van der Waals surface area contributed by atoms with Crippen LogP contribution in [0, 0.1) is 11.8 Å². The zero-order chi connectivity index (χ0) is 13.7. The van der Waals surface area contributed by atoms with E-state index in [2.05, 4.69) is 21.2 Å². The Morgan fingerprint density at radius 1 is 1.37 bits per heavy atom. The highest BCUT2D eigenvalue weighted by Gasteiger charge is 2.26. The number of halogens is 2. The molecule has 0 spiro atoms. The van der Waals surface area contributed by atoms with Gasteiger partial charge in [0.05, 0.1) is 6.42 Å². The second-order valence-corrected chi connectivity index (χ2v) is 6.44. The van der Waals surface area contributed by atoms with Crippen LogP contribution in [0.15, 0.2) is 28.7 Å². The molecule has 1 aromatic rings. The van der Waals surface area contributed by atoms with Gasteiger partial charge >= 0.3 is 0 Å². The van der Waals surface area contributed by atoms with Gasteiger partial charge in [0.2, 0.25) is 5.91 Å². The molecule has 0 heterocycles. The van der Waals surface area contributed by atoms with Crippen LogP contribution in [0.5, 0.6) is 0 Å². The largest absolute Gasteiger partial charge is 0.356 e. The standard InChI is InChI=1S/C15H19BrClNO/c16-14-6-1-3-11(7-14)8-15(19)18-10-13-5-2-4-12(13)9-17/h1,3,6-7,12-13H,2,4-5,8-10H2,(H,18,19). The second kappa shape index (κ2) is 7.30. The number of benzene rings is 1. The van der Waals surface area contributed by atoms with Crippen molar-refractivity contribution in [1.29, 1.82) is 0 Å². The molecule has 2 nitrogen and oxygen atoms in total. The van der Waals surface area contributed by atoms with E-state index in [4.69, 9.17) is 11.6 Å². The summed E-state index contributed by atoms with van der Waals surface area (Å²) in [4.78, 5) is 11.9. The van der Waals surface area contributed by atoms with E-state index in [1.54, 1.807) is 0 Å². The minimum absolute atomic E-state index is 0.0957. The number of carbonyl (C=O) groups excluding carboxylic acids is 1. The SMILES string of the molecule is O=C(Cc1cccc(Br)c1)NCC1CCCC1CCl. The van der Waals surface area contributed by atoms with Gasteiger partial charge < -0.3 is 5.32 Å². The molecule has 0 saturated heterocycles. The number of rotatable bonds is 5. The Kier molecular flexibility index (Phi) is 5.71. The number of alkyl halides is 1. The van der Waals surface area contributed by atoms with Gasteiger partial charge in [-0.05, 0) is 42.4 Å². The molecular formula is C15H19BrClNO. The van der Waals surface area contributed by atoms with Gasteiger partial charge in [-0.25, -0.2) is 0 Å². The molecule has 2 rings (SSSR count). The fraction of sp³-hybridized carbons (Fsp3) is 0.533. The molecule has 104 valence electrons. The van der Waals surface area contributed by atoms with E-state index >= 15 is 0 Å². The molecule has 19 heavy (non-hydrogen) atoms. The maximum Gasteiger partial charge on any atom is 0.224 e. The zero-order valence-electron chi connectivity index (χ0n) is 10.9. The maximum absolute atomic E-state index is 11.9. The molecule has 1 aliphatic rings. The van der Waals surface area contributed by atoms with E-state index in [1.165, 1.54) is 19.3 Å². The number of hydrogen-bond acceptors (Lipinski definition) is 1. The van der Waals surface area contributed by atoms with Gasteiger partial charge in [0, 0.05) is 16.9 Å². The Morgan fingerprint density at radius 2 is 2.16 bits per heavy atom. The highest BCUT2D eigenvalue weighted by molar-refractivity contribution is 9.10. The summed E-state index contributed by atoms with van der Waals surface area (Å²) < 4.78 is 1.01. The predicted molar refractivity (Wildman–Crippen MR) is 82.4 cm³/mol. The first-order valence-corrected chi connectivity index (χ1v) is 8.09. The number of hydrogen-bond donors (Lipinski definition) is 1. The first kappa shape index (κ1) is 14.9. The third kappa shape index (κ3) is 4.50. The first-order valence-electron chi connectivity index (χ1n) is 6.76. The smallest absolute Gasteiger partial charge is 0.224 e. The minimum Gasteiger partial charge on any atom is -0.356 e. The highest BCUT2D eigenvalue weighted by Crippen LogP contribution is 2.31.